The molecule has 1 amide bonds. The first-order valence-corrected chi connectivity index (χ1v) is 13.3. The lowest BCUT2D eigenvalue weighted by atomic mass is 10.2. The fraction of sp³-hybridized carbons (Fsp3) is 0.381. The number of nitrogens with one attached hydrogen (secondary N) is 1. The van der Waals surface area contributed by atoms with Crippen molar-refractivity contribution in [2.45, 2.75) is 31.7 Å². The molecular weight excluding hydrogens is 454 g/mol. The molecule has 11 heteroatoms. The summed E-state index contributed by atoms with van der Waals surface area (Å²) in [5.41, 5.74) is 0.667. The Hall–Kier alpha value is -2.63. The molecule has 9 nitrogen and oxygen atoms in total. The summed E-state index contributed by atoms with van der Waals surface area (Å²) in [7, 11) is -5.89. The predicted molar refractivity (Wildman–Crippen MR) is 125 cm³/mol. The average molecular weight is 484 g/mol. The van der Waals surface area contributed by atoms with Crippen LogP contribution in [0.25, 0.3) is 0 Å². The molecule has 0 aliphatic rings. The first-order valence-electron chi connectivity index (χ1n) is 10.00. The fourth-order valence-electron chi connectivity index (χ4n) is 3.21. The fourth-order valence-corrected chi connectivity index (χ4v) is 5.84. The van der Waals surface area contributed by atoms with Gasteiger partial charge in [-0.05, 0) is 55.5 Å². The number of anilines is 2. The zero-order chi connectivity index (χ0) is 24.1. The Labute approximate surface area is 190 Å². The maximum Gasteiger partial charge on any atom is 0.247 e. The van der Waals surface area contributed by atoms with E-state index in [-0.39, 0.29) is 4.90 Å². The number of sulfonamides is 2. The first kappa shape index (κ1) is 25.6. The minimum atomic E-state index is -3.77. The monoisotopic (exact) mass is 483 g/mol. The van der Waals surface area contributed by atoms with Crippen molar-refractivity contribution in [1.82, 2.24) is 4.31 Å². The molecule has 0 saturated heterocycles. The molecule has 0 aliphatic heterocycles. The summed E-state index contributed by atoms with van der Waals surface area (Å²) in [5, 5.41) is 2.64. The minimum absolute atomic E-state index is 0.114. The van der Waals surface area contributed by atoms with Gasteiger partial charge in [0.25, 0.3) is 0 Å². The van der Waals surface area contributed by atoms with Gasteiger partial charge in [-0.3, -0.25) is 9.10 Å². The molecule has 0 bridgehead atoms. The quantitative estimate of drug-likeness (QED) is 0.556. The van der Waals surface area contributed by atoms with Gasteiger partial charge in [-0.2, -0.15) is 4.31 Å². The van der Waals surface area contributed by atoms with Crippen LogP contribution in [0.15, 0.2) is 53.4 Å². The molecule has 32 heavy (non-hydrogen) atoms. The zero-order valence-corrected chi connectivity index (χ0v) is 20.4. The summed E-state index contributed by atoms with van der Waals surface area (Å²) in [6.45, 7) is 5.68. The Morgan fingerprint density at radius 3 is 1.94 bits per heavy atom. The molecule has 1 N–H and O–H groups in total. The second-order valence-electron chi connectivity index (χ2n) is 7.04. The van der Waals surface area contributed by atoms with Gasteiger partial charge in [0.15, 0.2) is 0 Å². The van der Waals surface area contributed by atoms with Crippen LogP contribution in [0.2, 0.25) is 0 Å². The van der Waals surface area contributed by atoms with Gasteiger partial charge in [-0.25, -0.2) is 16.8 Å². The normalized spacial score (nSPS) is 12.9. The van der Waals surface area contributed by atoms with Crippen LogP contribution in [-0.4, -0.2) is 59.5 Å². The third-order valence-corrected chi connectivity index (χ3v) is 8.19. The highest BCUT2D eigenvalue weighted by molar-refractivity contribution is 7.92. The molecule has 0 unspecified atom stereocenters. The van der Waals surface area contributed by atoms with Gasteiger partial charge in [0.2, 0.25) is 26.0 Å². The van der Waals surface area contributed by atoms with Crippen LogP contribution < -0.4 is 14.4 Å². The second kappa shape index (κ2) is 10.3. The molecule has 2 aromatic rings. The van der Waals surface area contributed by atoms with Gasteiger partial charge in [-0.1, -0.05) is 13.8 Å². The Kier molecular flexibility index (Phi) is 8.27. The van der Waals surface area contributed by atoms with Gasteiger partial charge in [0.05, 0.1) is 23.9 Å². The lowest BCUT2D eigenvalue weighted by molar-refractivity contribution is -0.116. The molecule has 0 heterocycles. The van der Waals surface area contributed by atoms with Crippen molar-refractivity contribution in [1.29, 1.82) is 0 Å². The topological polar surface area (TPSA) is 113 Å². The number of benzene rings is 2. The van der Waals surface area contributed by atoms with Crippen LogP contribution in [0, 0.1) is 0 Å². The summed E-state index contributed by atoms with van der Waals surface area (Å²) >= 11 is 0. The lowest BCUT2D eigenvalue weighted by Gasteiger charge is -2.28. The van der Waals surface area contributed by atoms with E-state index in [1.807, 2.05) is 0 Å². The Morgan fingerprint density at radius 1 is 0.969 bits per heavy atom. The van der Waals surface area contributed by atoms with E-state index in [4.69, 9.17) is 4.74 Å². The smallest absolute Gasteiger partial charge is 0.247 e. The third kappa shape index (κ3) is 5.78. The van der Waals surface area contributed by atoms with E-state index in [0.717, 1.165) is 10.6 Å². The van der Waals surface area contributed by atoms with Crippen LogP contribution in [0.4, 0.5) is 11.4 Å². The van der Waals surface area contributed by atoms with Gasteiger partial charge < -0.3 is 10.1 Å². The van der Waals surface area contributed by atoms with E-state index in [2.05, 4.69) is 5.32 Å². The molecule has 1 atom stereocenters. The summed E-state index contributed by atoms with van der Waals surface area (Å²) in [6.07, 6.45) is 1.02. The summed E-state index contributed by atoms with van der Waals surface area (Å²) in [6, 6.07) is 11.0. The van der Waals surface area contributed by atoms with Crippen LogP contribution in [-0.2, 0) is 24.8 Å². The van der Waals surface area contributed by atoms with Crippen molar-refractivity contribution in [3.8, 4) is 5.75 Å². The molecule has 2 aromatic carbocycles. The van der Waals surface area contributed by atoms with E-state index in [1.165, 1.54) is 42.6 Å². The highest BCUT2D eigenvalue weighted by atomic mass is 32.2. The number of hydrogen-bond acceptors (Lipinski definition) is 6. The van der Waals surface area contributed by atoms with Crippen molar-refractivity contribution in [2.24, 2.45) is 0 Å². The van der Waals surface area contributed by atoms with Crippen LogP contribution in [0.3, 0.4) is 0 Å². The molecular formula is C21H29N3O6S2. The second-order valence-corrected chi connectivity index (χ2v) is 10.8. The number of methoxy groups -OCH3 is 1. The van der Waals surface area contributed by atoms with Crippen LogP contribution in [0.5, 0.6) is 5.75 Å². The summed E-state index contributed by atoms with van der Waals surface area (Å²) in [4.78, 5) is 12.9. The van der Waals surface area contributed by atoms with Gasteiger partial charge in [0.1, 0.15) is 11.8 Å². The molecule has 176 valence electrons. The molecule has 0 spiro atoms. The van der Waals surface area contributed by atoms with Crippen molar-refractivity contribution >= 4 is 37.3 Å². The summed E-state index contributed by atoms with van der Waals surface area (Å²) < 4.78 is 57.4. The van der Waals surface area contributed by atoms with Crippen LogP contribution >= 0.6 is 0 Å². The SMILES string of the molecule is CCN(CC)S(=O)(=O)c1ccc(NC(=O)[C@@H](C)N(c2ccc(OC)cc2)S(C)(=O)=O)cc1. The number of ether oxygens (including phenoxy) is 1. The number of hydrogen-bond donors (Lipinski definition) is 1. The van der Waals surface area contributed by atoms with E-state index >= 15 is 0 Å². The molecule has 0 aromatic heterocycles. The average Bonchev–Trinajstić information content (AvgIpc) is 2.74. The highest BCUT2D eigenvalue weighted by Gasteiger charge is 2.29. The number of rotatable bonds is 10. The molecule has 2 rings (SSSR count). The predicted octanol–water partition coefficient (Wildman–Crippen LogP) is 2.52. The first-order chi connectivity index (χ1) is 14.9. The van der Waals surface area contributed by atoms with Crippen molar-refractivity contribution < 1.29 is 26.4 Å². The van der Waals surface area contributed by atoms with Crippen molar-refractivity contribution in [2.75, 3.05) is 36.1 Å². The Balaban J connectivity index is 2.24. The minimum Gasteiger partial charge on any atom is -0.497 e. The number of carbonyl (C=O) groups excluding carboxylic acids is 1. The van der Waals surface area contributed by atoms with E-state index < -0.39 is 32.0 Å². The van der Waals surface area contributed by atoms with Crippen molar-refractivity contribution in [3.63, 3.8) is 0 Å². The molecule has 0 aliphatic carbocycles. The van der Waals surface area contributed by atoms with Crippen molar-refractivity contribution in [3.05, 3.63) is 48.5 Å². The van der Waals surface area contributed by atoms with E-state index in [0.29, 0.717) is 30.2 Å². The highest BCUT2D eigenvalue weighted by Crippen LogP contribution is 2.25. The van der Waals surface area contributed by atoms with Gasteiger partial charge in [0, 0.05) is 18.8 Å². The summed E-state index contributed by atoms with van der Waals surface area (Å²) in [5.74, 6) is -0.00958. The maximum absolute atomic E-state index is 12.8. The van der Waals surface area contributed by atoms with Crippen LogP contribution in [0.1, 0.15) is 20.8 Å². The zero-order valence-electron chi connectivity index (χ0n) is 18.8. The lowest BCUT2D eigenvalue weighted by Crippen LogP contribution is -2.45. The van der Waals surface area contributed by atoms with Gasteiger partial charge >= 0.3 is 0 Å². The standard InChI is InChI=1S/C21H29N3O6S2/c1-6-23(7-2)32(28,29)20-14-8-17(9-15-20)22-21(25)16(3)24(31(5,26)27)18-10-12-19(30-4)13-11-18/h8-16H,6-7H2,1-5H3,(H,22,25)/t16-/m1/s1. The maximum atomic E-state index is 12.8. The number of nitrogens with zero attached hydrogens (tertiary/aromatic N) is 2. The van der Waals surface area contributed by atoms with E-state index in [9.17, 15) is 21.6 Å². The number of amides is 1. The third-order valence-electron chi connectivity index (χ3n) is 4.88. The molecule has 0 saturated carbocycles. The Bertz CT molecular complexity index is 1130. The Morgan fingerprint density at radius 2 is 1.50 bits per heavy atom. The van der Waals surface area contributed by atoms with E-state index in [1.54, 1.807) is 38.1 Å². The number of carbonyl (C=O) groups is 1. The molecule has 0 radical (unpaired) electrons. The van der Waals surface area contributed by atoms with Gasteiger partial charge in [-0.15, -0.1) is 0 Å². The largest absolute Gasteiger partial charge is 0.497 e. The molecule has 0 fully saturated rings.